The smallest absolute Gasteiger partial charge is 0.147 e. The summed E-state index contributed by atoms with van der Waals surface area (Å²) in [5.74, 6) is 0.257. The molecule has 1 atom stereocenters. The van der Waals surface area contributed by atoms with Gasteiger partial charge < -0.3 is 10.1 Å². The fourth-order valence-electron chi connectivity index (χ4n) is 1.54. The van der Waals surface area contributed by atoms with E-state index >= 15 is 0 Å². The molecule has 0 aromatic heterocycles. The molecule has 0 heterocycles. The Balaban J connectivity index is 3.66. The van der Waals surface area contributed by atoms with Crippen molar-refractivity contribution in [2.75, 3.05) is 32.3 Å². The molecule has 98 valence electrons. The number of rotatable bonds is 10. The van der Waals surface area contributed by atoms with E-state index in [1.54, 1.807) is 7.11 Å². The molecular formula is C11H25NO3S. The Bertz CT molecular complexity index is 252. The largest absolute Gasteiger partial charge is 0.383 e. The number of hydrogen-bond acceptors (Lipinski definition) is 4. The molecule has 5 heteroatoms. The van der Waals surface area contributed by atoms with Crippen molar-refractivity contribution in [2.24, 2.45) is 0 Å². The monoisotopic (exact) mass is 251 g/mol. The van der Waals surface area contributed by atoms with Crippen LogP contribution in [0.25, 0.3) is 0 Å². The van der Waals surface area contributed by atoms with Gasteiger partial charge in [-0.25, -0.2) is 8.42 Å². The lowest BCUT2D eigenvalue weighted by atomic mass is 10.1. The summed E-state index contributed by atoms with van der Waals surface area (Å²) in [7, 11) is -1.13. The van der Waals surface area contributed by atoms with Gasteiger partial charge in [0, 0.05) is 19.4 Å². The predicted octanol–water partition coefficient (Wildman–Crippen LogP) is 1.22. The molecule has 0 aromatic carbocycles. The molecule has 0 saturated carbocycles. The van der Waals surface area contributed by atoms with E-state index in [0.29, 0.717) is 19.1 Å². The quantitative estimate of drug-likeness (QED) is 0.593. The third-order valence-corrected chi connectivity index (χ3v) is 3.43. The second-order valence-electron chi connectivity index (χ2n) is 4.23. The third kappa shape index (κ3) is 10.4. The molecule has 0 aromatic rings. The lowest BCUT2D eigenvalue weighted by Crippen LogP contribution is -2.34. The Kier molecular flexibility index (Phi) is 8.89. The molecule has 0 fully saturated rings. The minimum absolute atomic E-state index is 0.257. The first kappa shape index (κ1) is 15.9. The molecule has 0 rings (SSSR count). The van der Waals surface area contributed by atoms with E-state index in [1.165, 1.54) is 19.1 Å². The highest BCUT2D eigenvalue weighted by atomic mass is 32.2. The van der Waals surface area contributed by atoms with Crippen molar-refractivity contribution in [3.05, 3.63) is 0 Å². The molecule has 16 heavy (non-hydrogen) atoms. The minimum atomic E-state index is -2.82. The van der Waals surface area contributed by atoms with E-state index in [9.17, 15) is 8.42 Å². The zero-order valence-electron chi connectivity index (χ0n) is 10.7. The van der Waals surface area contributed by atoms with Crippen LogP contribution in [0.5, 0.6) is 0 Å². The van der Waals surface area contributed by atoms with Gasteiger partial charge in [0.05, 0.1) is 12.4 Å². The van der Waals surface area contributed by atoms with Crippen molar-refractivity contribution in [3.63, 3.8) is 0 Å². The van der Waals surface area contributed by atoms with Gasteiger partial charge in [-0.15, -0.1) is 0 Å². The van der Waals surface area contributed by atoms with E-state index in [4.69, 9.17) is 4.74 Å². The van der Waals surface area contributed by atoms with Crippen LogP contribution in [0.3, 0.4) is 0 Å². The third-order valence-electron chi connectivity index (χ3n) is 2.40. The van der Waals surface area contributed by atoms with Crippen molar-refractivity contribution in [3.8, 4) is 0 Å². The average Bonchev–Trinajstić information content (AvgIpc) is 2.19. The highest BCUT2D eigenvalue weighted by Crippen LogP contribution is 2.01. The van der Waals surface area contributed by atoms with Crippen LogP contribution in [0, 0.1) is 0 Å². The standard InChI is InChI=1S/C11H25NO3S/c1-4-5-7-11(10-15-2)12-8-6-9-16(3,13)14/h11-12H,4-10H2,1-3H3. The van der Waals surface area contributed by atoms with Crippen molar-refractivity contribution in [1.82, 2.24) is 5.32 Å². The number of nitrogens with one attached hydrogen (secondary N) is 1. The van der Waals surface area contributed by atoms with E-state index in [1.807, 2.05) is 0 Å². The summed E-state index contributed by atoms with van der Waals surface area (Å²) in [5.41, 5.74) is 0. The molecule has 0 aliphatic heterocycles. The zero-order valence-corrected chi connectivity index (χ0v) is 11.5. The summed E-state index contributed by atoms with van der Waals surface area (Å²) in [6.07, 6.45) is 5.38. The van der Waals surface area contributed by atoms with E-state index < -0.39 is 9.84 Å². The summed E-state index contributed by atoms with van der Waals surface area (Å²) in [6, 6.07) is 0.351. The summed E-state index contributed by atoms with van der Waals surface area (Å²) in [5, 5.41) is 3.34. The second-order valence-corrected chi connectivity index (χ2v) is 6.49. The normalized spacial score (nSPS) is 13.9. The maximum Gasteiger partial charge on any atom is 0.147 e. The Hall–Kier alpha value is -0.130. The molecule has 0 radical (unpaired) electrons. The molecule has 1 N–H and O–H groups in total. The van der Waals surface area contributed by atoms with Crippen LogP contribution in [-0.2, 0) is 14.6 Å². The molecule has 0 aliphatic rings. The first-order valence-corrected chi connectivity index (χ1v) is 7.95. The molecule has 0 amide bonds. The van der Waals surface area contributed by atoms with Gasteiger partial charge in [-0.1, -0.05) is 19.8 Å². The van der Waals surface area contributed by atoms with Crippen LogP contribution in [-0.4, -0.2) is 46.7 Å². The van der Waals surface area contributed by atoms with Crippen molar-refractivity contribution >= 4 is 9.84 Å². The number of unbranched alkanes of at least 4 members (excludes halogenated alkanes) is 1. The van der Waals surface area contributed by atoms with Crippen molar-refractivity contribution in [2.45, 2.75) is 38.6 Å². The van der Waals surface area contributed by atoms with E-state index in [-0.39, 0.29) is 5.75 Å². The molecule has 0 saturated heterocycles. The van der Waals surface area contributed by atoms with E-state index in [0.717, 1.165) is 13.0 Å². The van der Waals surface area contributed by atoms with Crippen LogP contribution in [0.2, 0.25) is 0 Å². The summed E-state index contributed by atoms with van der Waals surface area (Å²) < 4.78 is 27.0. The maximum absolute atomic E-state index is 10.9. The maximum atomic E-state index is 10.9. The van der Waals surface area contributed by atoms with Gasteiger partial charge in [0.2, 0.25) is 0 Å². The summed E-state index contributed by atoms with van der Waals surface area (Å²) in [6.45, 7) is 3.59. The highest BCUT2D eigenvalue weighted by Gasteiger charge is 2.07. The molecule has 0 aliphatic carbocycles. The average molecular weight is 251 g/mol. The Morgan fingerprint density at radius 3 is 2.50 bits per heavy atom. The van der Waals surface area contributed by atoms with Gasteiger partial charge >= 0.3 is 0 Å². The van der Waals surface area contributed by atoms with Crippen molar-refractivity contribution in [1.29, 1.82) is 0 Å². The van der Waals surface area contributed by atoms with Gasteiger partial charge in [-0.05, 0) is 19.4 Å². The topological polar surface area (TPSA) is 55.4 Å². The fourth-order valence-corrected chi connectivity index (χ4v) is 2.21. The predicted molar refractivity (Wildman–Crippen MR) is 67.5 cm³/mol. The zero-order chi connectivity index (χ0) is 12.4. The summed E-state index contributed by atoms with van der Waals surface area (Å²) >= 11 is 0. The first-order valence-electron chi connectivity index (χ1n) is 5.89. The lowest BCUT2D eigenvalue weighted by molar-refractivity contribution is 0.161. The molecule has 0 bridgehead atoms. The van der Waals surface area contributed by atoms with Gasteiger partial charge in [0.25, 0.3) is 0 Å². The number of hydrogen-bond donors (Lipinski definition) is 1. The lowest BCUT2D eigenvalue weighted by Gasteiger charge is -2.17. The minimum Gasteiger partial charge on any atom is -0.383 e. The molecule has 4 nitrogen and oxygen atoms in total. The second kappa shape index (κ2) is 8.96. The van der Waals surface area contributed by atoms with Crippen LogP contribution >= 0.6 is 0 Å². The van der Waals surface area contributed by atoms with Crippen LogP contribution in [0.4, 0.5) is 0 Å². The highest BCUT2D eigenvalue weighted by molar-refractivity contribution is 7.90. The number of sulfone groups is 1. The number of methoxy groups -OCH3 is 1. The Morgan fingerprint density at radius 2 is 2.00 bits per heavy atom. The van der Waals surface area contributed by atoms with Crippen molar-refractivity contribution < 1.29 is 13.2 Å². The van der Waals surface area contributed by atoms with Crippen LogP contribution in [0.15, 0.2) is 0 Å². The Morgan fingerprint density at radius 1 is 1.31 bits per heavy atom. The SMILES string of the molecule is CCCCC(COC)NCCCS(C)(=O)=O. The van der Waals surface area contributed by atoms with E-state index in [2.05, 4.69) is 12.2 Å². The van der Waals surface area contributed by atoms with Gasteiger partial charge in [0.1, 0.15) is 9.84 Å². The molecule has 1 unspecified atom stereocenters. The van der Waals surface area contributed by atoms with Gasteiger partial charge in [-0.2, -0.15) is 0 Å². The van der Waals surface area contributed by atoms with Crippen LogP contribution in [0.1, 0.15) is 32.6 Å². The summed E-state index contributed by atoms with van der Waals surface area (Å²) in [4.78, 5) is 0. The van der Waals surface area contributed by atoms with Crippen LogP contribution < -0.4 is 5.32 Å². The Labute approximate surface area is 99.7 Å². The molecule has 0 spiro atoms. The first-order chi connectivity index (χ1) is 7.49. The van der Waals surface area contributed by atoms with Gasteiger partial charge in [-0.3, -0.25) is 0 Å². The van der Waals surface area contributed by atoms with Gasteiger partial charge in [0.15, 0.2) is 0 Å². The fraction of sp³-hybridized carbons (Fsp3) is 1.00. The number of ether oxygens (including phenoxy) is 1. The molecular weight excluding hydrogens is 226 g/mol.